The Kier molecular flexibility index (Phi) is 4.71. The molecule has 1 unspecified atom stereocenters. The van der Waals surface area contributed by atoms with Crippen LogP contribution in [0.25, 0.3) is 11.0 Å². The quantitative estimate of drug-likeness (QED) is 0.756. The molecule has 136 valence electrons. The van der Waals surface area contributed by atoms with Crippen molar-refractivity contribution >= 4 is 16.9 Å². The predicted octanol–water partition coefficient (Wildman–Crippen LogP) is 4.24. The third kappa shape index (κ3) is 3.56. The molecule has 0 radical (unpaired) electrons. The van der Waals surface area contributed by atoms with Crippen molar-refractivity contribution in [3.8, 4) is 0 Å². The molecular weight excluding hydrogens is 343 g/mol. The van der Waals surface area contributed by atoms with Crippen LogP contribution >= 0.6 is 0 Å². The van der Waals surface area contributed by atoms with E-state index in [1.165, 1.54) is 19.1 Å². The first-order valence-electron chi connectivity index (χ1n) is 8.15. The zero-order chi connectivity index (χ0) is 18.9. The number of benzene rings is 2. The second-order valence-electron chi connectivity index (χ2n) is 6.17. The molecule has 0 spiro atoms. The van der Waals surface area contributed by atoms with Crippen molar-refractivity contribution in [3.63, 3.8) is 0 Å². The predicted molar refractivity (Wildman–Crippen MR) is 92.5 cm³/mol. The first-order valence-corrected chi connectivity index (χ1v) is 8.15. The van der Waals surface area contributed by atoms with Crippen LogP contribution < -0.4 is 5.32 Å². The molecule has 1 atom stereocenters. The number of hydrogen-bond donors (Lipinski definition) is 1. The fourth-order valence-electron chi connectivity index (χ4n) is 2.80. The summed E-state index contributed by atoms with van der Waals surface area (Å²) in [5.74, 6) is -1.57. The molecule has 0 saturated carbocycles. The van der Waals surface area contributed by atoms with Crippen molar-refractivity contribution in [1.29, 1.82) is 0 Å². The van der Waals surface area contributed by atoms with E-state index in [4.69, 9.17) is 0 Å². The number of hydrogen-bond acceptors (Lipinski definition) is 2. The summed E-state index contributed by atoms with van der Waals surface area (Å²) in [6.45, 7) is 3.64. The number of halogens is 3. The van der Waals surface area contributed by atoms with E-state index in [0.717, 1.165) is 15.7 Å². The molecule has 2 aromatic carbocycles. The second-order valence-corrected chi connectivity index (χ2v) is 6.17. The Morgan fingerprint density at radius 3 is 2.46 bits per heavy atom. The van der Waals surface area contributed by atoms with E-state index in [-0.39, 0.29) is 17.6 Å². The summed E-state index contributed by atoms with van der Waals surface area (Å²) in [6.07, 6.45) is -4.65. The van der Waals surface area contributed by atoms with Gasteiger partial charge in [0.15, 0.2) is 0 Å². The number of carbonyl (C=O) groups is 1. The fraction of sp³-hybridized carbons (Fsp3) is 0.263. The summed E-state index contributed by atoms with van der Waals surface area (Å²) in [4.78, 5) is 16.2. The summed E-state index contributed by atoms with van der Waals surface area (Å²) in [7, 11) is 0. The summed E-state index contributed by atoms with van der Waals surface area (Å²) in [6, 6.07) is 12.8. The maximum absolute atomic E-state index is 13.4. The van der Waals surface area contributed by atoms with Crippen LogP contribution in [0.1, 0.15) is 29.9 Å². The van der Waals surface area contributed by atoms with Gasteiger partial charge >= 0.3 is 6.18 Å². The molecule has 4 nitrogen and oxygen atoms in total. The van der Waals surface area contributed by atoms with Crippen LogP contribution in [-0.4, -0.2) is 15.5 Å². The van der Waals surface area contributed by atoms with Gasteiger partial charge < -0.3 is 9.88 Å². The SMILES string of the molecule is Cc1ccc(CNC(=O)C(C)n2c(C(F)(F)F)nc3ccccc32)cc1. The zero-order valence-electron chi connectivity index (χ0n) is 14.3. The lowest BCUT2D eigenvalue weighted by Crippen LogP contribution is -2.32. The summed E-state index contributed by atoms with van der Waals surface area (Å²) in [5.41, 5.74) is 2.45. The number of para-hydroxylation sites is 2. The number of amides is 1. The molecular formula is C19H18F3N3O. The molecule has 0 aliphatic carbocycles. The lowest BCUT2D eigenvalue weighted by atomic mass is 10.1. The molecule has 1 amide bonds. The minimum Gasteiger partial charge on any atom is -0.350 e. The number of carbonyl (C=O) groups excluding carboxylic acids is 1. The van der Waals surface area contributed by atoms with Crippen molar-refractivity contribution in [2.45, 2.75) is 32.6 Å². The van der Waals surface area contributed by atoms with Gasteiger partial charge in [0.05, 0.1) is 11.0 Å². The topological polar surface area (TPSA) is 46.9 Å². The summed E-state index contributed by atoms with van der Waals surface area (Å²) < 4.78 is 41.1. The Morgan fingerprint density at radius 2 is 1.81 bits per heavy atom. The minimum atomic E-state index is -4.65. The average molecular weight is 361 g/mol. The molecule has 0 aliphatic rings. The number of nitrogens with zero attached hydrogens (tertiary/aromatic N) is 2. The molecule has 26 heavy (non-hydrogen) atoms. The first kappa shape index (κ1) is 18.0. The average Bonchev–Trinajstić information content (AvgIpc) is 3.00. The van der Waals surface area contributed by atoms with Gasteiger partial charge in [-0.2, -0.15) is 13.2 Å². The van der Waals surface area contributed by atoms with Crippen LogP contribution in [0.5, 0.6) is 0 Å². The van der Waals surface area contributed by atoms with Crippen molar-refractivity contribution in [2.24, 2.45) is 0 Å². The molecule has 0 bridgehead atoms. The number of imidazole rings is 1. The van der Waals surface area contributed by atoms with Crippen LogP contribution in [0.2, 0.25) is 0 Å². The van der Waals surface area contributed by atoms with Crippen molar-refractivity contribution < 1.29 is 18.0 Å². The van der Waals surface area contributed by atoms with Crippen molar-refractivity contribution in [1.82, 2.24) is 14.9 Å². The standard InChI is InChI=1S/C19H18F3N3O/c1-12-7-9-14(10-8-12)11-23-17(26)13(2)25-16-6-4-3-5-15(16)24-18(25)19(20,21)22/h3-10,13H,11H2,1-2H3,(H,23,26). The Morgan fingerprint density at radius 1 is 1.15 bits per heavy atom. The Hall–Kier alpha value is -2.83. The van der Waals surface area contributed by atoms with Gasteiger partial charge in [0, 0.05) is 6.54 Å². The minimum absolute atomic E-state index is 0.206. The first-order chi connectivity index (χ1) is 12.3. The third-order valence-electron chi connectivity index (χ3n) is 4.20. The zero-order valence-corrected chi connectivity index (χ0v) is 14.3. The van der Waals surface area contributed by atoms with Gasteiger partial charge in [-0.05, 0) is 31.5 Å². The molecule has 3 aromatic rings. The molecule has 1 heterocycles. The number of fused-ring (bicyclic) bond motifs is 1. The highest BCUT2D eigenvalue weighted by Crippen LogP contribution is 2.33. The van der Waals surface area contributed by atoms with Crippen molar-refractivity contribution in [2.75, 3.05) is 0 Å². The number of aryl methyl sites for hydroxylation is 1. The van der Waals surface area contributed by atoms with Gasteiger partial charge in [-0.1, -0.05) is 42.0 Å². The Bertz CT molecular complexity index is 929. The highest BCUT2D eigenvalue weighted by molar-refractivity contribution is 5.84. The van der Waals surface area contributed by atoms with Gasteiger partial charge in [0.25, 0.3) is 0 Å². The van der Waals surface area contributed by atoms with E-state index in [1.54, 1.807) is 12.1 Å². The van der Waals surface area contributed by atoms with Crippen LogP contribution in [0, 0.1) is 6.92 Å². The highest BCUT2D eigenvalue weighted by atomic mass is 19.4. The maximum atomic E-state index is 13.4. The van der Waals surface area contributed by atoms with E-state index >= 15 is 0 Å². The summed E-state index contributed by atoms with van der Waals surface area (Å²) in [5, 5.41) is 2.69. The second kappa shape index (κ2) is 6.82. The van der Waals surface area contributed by atoms with Crippen LogP contribution in [0.15, 0.2) is 48.5 Å². The lowest BCUT2D eigenvalue weighted by molar-refractivity contribution is -0.148. The van der Waals surface area contributed by atoms with E-state index in [9.17, 15) is 18.0 Å². The van der Waals surface area contributed by atoms with Gasteiger partial charge in [-0.3, -0.25) is 4.79 Å². The van der Waals surface area contributed by atoms with E-state index in [0.29, 0.717) is 0 Å². The largest absolute Gasteiger partial charge is 0.449 e. The normalized spacial score (nSPS) is 13.0. The van der Waals surface area contributed by atoms with Gasteiger partial charge in [-0.25, -0.2) is 4.98 Å². The number of rotatable bonds is 4. The number of nitrogens with one attached hydrogen (secondary N) is 1. The van der Waals surface area contributed by atoms with E-state index in [1.807, 2.05) is 31.2 Å². The van der Waals surface area contributed by atoms with Gasteiger partial charge in [0.2, 0.25) is 11.7 Å². The lowest BCUT2D eigenvalue weighted by Gasteiger charge is -2.18. The Labute approximate surface area is 148 Å². The molecule has 7 heteroatoms. The summed E-state index contributed by atoms with van der Waals surface area (Å²) >= 11 is 0. The monoisotopic (exact) mass is 361 g/mol. The maximum Gasteiger partial charge on any atom is 0.449 e. The smallest absolute Gasteiger partial charge is 0.350 e. The van der Waals surface area contributed by atoms with E-state index < -0.39 is 23.9 Å². The van der Waals surface area contributed by atoms with Gasteiger partial charge in [0.1, 0.15) is 6.04 Å². The number of alkyl halides is 3. The number of aromatic nitrogens is 2. The van der Waals surface area contributed by atoms with E-state index in [2.05, 4.69) is 10.3 Å². The van der Waals surface area contributed by atoms with Gasteiger partial charge in [-0.15, -0.1) is 0 Å². The van der Waals surface area contributed by atoms with Crippen molar-refractivity contribution in [3.05, 3.63) is 65.5 Å². The molecule has 1 N–H and O–H groups in total. The van der Waals surface area contributed by atoms with Crippen LogP contribution in [0.3, 0.4) is 0 Å². The Balaban J connectivity index is 1.87. The molecule has 3 rings (SSSR count). The van der Waals surface area contributed by atoms with Crippen LogP contribution in [0.4, 0.5) is 13.2 Å². The third-order valence-corrected chi connectivity index (χ3v) is 4.20. The molecule has 0 aliphatic heterocycles. The molecule has 0 saturated heterocycles. The highest BCUT2D eigenvalue weighted by Gasteiger charge is 2.39. The fourth-order valence-corrected chi connectivity index (χ4v) is 2.80. The molecule has 1 aromatic heterocycles. The van der Waals surface area contributed by atoms with Crippen LogP contribution in [-0.2, 0) is 17.5 Å². The molecule has 0 fully saturated rings.